The topological polar surface area (TPSA) is 106 Å². The minimum atomic E-state index is -4.22. The van der Waals surface area contributed by atoms with Gasteiger partial charge in [0.05, 0.1) is 9.88 Å². The van der Waals surface area contributed by atoms with Crippen LogP contribution in [0.2, 0.25) is 0 Å². The lowest BCUT2D eigenvalue weighted by molar-refractivity contribution is 0.544. The molecule has 1 rings (SSSR count). The summed E-state index contributed by atoms with van der Waals surface area (Å²) in [4.78, 5) is -0.915. The third kappa shape index (κ3) is 4.99. The van der Waals surface area contributed by atoms with Crippen LogP contribution in [0.3, 0.4) is 0 Å². The largest absolute Gasteiger partial charge is 0.393 e. The molecule has 118 valence electrons. The van der Waals surface area contributed by atoms with Gasteiger partial charge in [0.2, 0.25) is 10.0 Å². The quantitative estimate of drug-likeness (QED) is 0.571. The van der Waals surface area contributed by atoms with Crippen LogP contribution in [0.25, 0.3) is 0 Å². The van der Waals surface area contributed by atoms with Crippen molar-refractivity contribution in [3.8, 4) is 0 Å². The zero-order valence-electron chi connectivity index (χ0n) is 11.3. The molecular formula is C11H15FN2O4S3. The van der Waals surface area contributed by atoms with Crippen molar-refractivity contribution in [2.75, 3.05) is 6.26 Å². The number of hydrogen-bond donors (Lipinski definition) is 2. The zero-order valence-corrected chi connectivity index (χ0v) is 13.8. The Morgan fingerprint density at radius 2 is 1.95 bits per heavy atom. The number of benzene rings is 1. The number of nitrogens with two attached hydrogens (primary N) is 1. The van der Waals surface area contributed by atoms with Crippen LogP contribution in [0.4, 0.5) is 4.39 Å². The Bertz CT molecular complexity index is 760. The second-order valence-corrected chi connectivity index (χ2v) is 8.78. The summed E-state index contributed by atoms with van der Waals surface area (Å²) in [5.74, 6) is -1.04. The normalized spacial score (nSPS) is 13.9. The van der Waals surface area contributed by atoms with Gasteiger partial charge in [-0.3, -0.25) is 0 Å². The molecule has 0 amide bonds. The van der Waals surface area contributed by atoms with E-state index in [0.29, 0.717) is 0 Å². The molecule has 0 aromatic heterocycles. The predicted molar refractivity (Wildman–Crippen MR) is 80.7 cm³/mol. The summed E-state index contributed by atoms with van der Waals surface area (Å²) in [5.41, 5.74) is 5.31. The summed E-state index contributed by atoms with van der Waals surface area (Å²) >= 11 is 4.66. The third-order valence-corrected chi connectivity index (χ3v) is 5.37. The van der Waals surface area contributed by atoms with Crippen molar-refractivity contribution in [3.63, 3.8) is 0 Å². The minimum absolute atomic E-state index is 0.0992. The smallest absolute Gasteiger partial charge is 0.243 e. The lowest BCUT2D eigenvalue weighted by atomic mass is 10.3. The molecule has 1 unspecified atom stereocenters. The molecule has 0 spiro atoms. The van der Waals surface area contributed by atoms with Crippen LogP contribution >= 0.6 is 12.2 Å². The fraction of sp³-hybridized carbons (Fsp3) is 0.364. The summed E-state index contributed by atoms with van der Waals surface area (Å²) in [7, 11) is -7.87. The first-order chi connectivity index (χ1) is 9.43. The highest BCUT2D eigenvalue weighted by Gasteiger charge is 2.23. The number of hydrogen-bond acceptors (Lipinski definition) is 5. The SMILES string of the molecule is CC(CC(N)=S)NS(=O)(=O)c1cc(S(C)(=O)=O)ccc1F. The molecule has 1 atom stereocenters. The van der Waals surface area contributed by atoms with Crippen LogP contribution < -0.4 is 10.5 Å². The average Bonchev–Trinajstić information content (AvgIpc) is 2.25. The summed E-state index contributed by atoms with van der Waals surface area (Å²) in [5, 5.41) is 0. The Morgan fingerprint density at radius 1 is 1.38 bits per heavy atom. The van der Waals surface area contributed by atoms with Gasteiger partial charge in [-0.2, -0.15) is 0 Å². The van der Waals surface area contributed by atoms with Gasteiger partial charge in [-0.15, -0.1) is 0 Å². The number of halogens is 1. The fourth-order valence-corrected chi connectivity index (χ4v) is 3.91. The highest BCUT2D eigenvalue weighted by molar-refractivity contribution is 7.91. The van der Waals surface area contributed by atoms with Crippen molar-refractivity contribution >= 4 is 37.1 Å². The molecule has 0 aliphatic heterocycles. The van der Waals surface area contributed by atoms with Crippen molar-refractivity contribution in [1.82, 2.24) is 4.72 Å². The van der Waals surface area contributed by atoms with Gasteiger partial charge in [-0.05, 0) is 25.1 Å². The lowest BCUT2D eigenvalue weighted by Gasteiger charge is -2.14. The molecule has 3 N–H and O–H groups in total. The first kappa shape index (κ1) is 18.0. The molecule has 0 saturated carbocycles. The third-order valence-electron chi connectivity index (χ3n) is 2.48. The van der Waals surface area contributed by atoms with Gasteiger partial charge in [0.25, 0.3) is 0 Å². The molecule has 21 heavy (non-hydrogen) atoms. The molecule has 0 bridgehead atoms. The zero-order chi connectivity index (χ0) is 16.4. The Balaban J connectivity index is 3.22. The molecule has 0 saturated heterocycles. The number of thiocarbonyl (C=S) groups is 1. The molecule has 10 heteroatoms. The van der Waals surface area contributed by atoms with Gasteiger partial charge in [-0.1, -0.05) is 12.2 Å². The van der Waals surface area contributed by atoms with Crippen molar-refractivity contribution in [3.05, 3.63) is 24.0 Å². The van der Waals surface area contributed by atoms with Gasteiger partial charge < -0.3 is 5.73 Å². The van der Waals surface area contributed by atoms with Crippen LogP contribution in [0.1, 0.15) is 13.3 Å². The number of nitrogens with one attached hydrogen (secondary N) is 1. The number of sulfonamides is 1. The average molecular weight is 354 g/mol. The van der Waals surface area contributed by atoms with E-state index in [4.69, 9.17) is 5.73 Å². The van der Waals surface area contributed by atoms with Crippen molar-refractivity contribution in [2.45, 2.75) is 29.2 Å². The van der Waals surface area contributed by atoms with Gasteiger partial charge in [-0.25, -0.2) is 25.9 Å². The molecule has 6 nitrogen and oxygen atoms in total. The minimum Gasteiger partial charge on any atom is -0.393 e. The van der Waals surface area contributed by atoms with Gasteiger partial charge in [0.15, 0.2) is 9.84 Å². The summed E-state index contributed by atoms with van der Waals surface area (Å²) in [6, 6.07) is 1.93. The Kier molecular flexibility index (Phi) is 5.42. The number of sulfone groups is 1. The Labute approximate surface area is 128 Å². The Morgan fingerprint density at radius 3 is 2.43 bits per heavy atom. The molecule has 0 aliphatic carbocycles. The number of rotatable bonds is 6. The van der Waals surface area contributed by atoms with Crippen LogP contribution in [0, 0.1) is 5.82 Å². The van der Waals surface area contributed by atoms with Crippen molar-refractivity contribution in [2.24, 2.45) is 5.73 Å². The second-order valence-electron chi connectivity index (χ2n) is 4.56. The molecule has 0 radical (unpaired) electrons. The fourth-order valence-electron chi connectivity index (χ4n) is 1.59. The summed E-state index contributed by atoms with van der Waals surface area (Å²) in [6.45, 7) is 1.51. The van der Waals surface area contributed by atoms with E-state index in [1.165, 1.54) is 6.92 Å². The van der Waals surface area contributed by atoms with E-state index in [9.17, 15) is 21.2 Å². The maximum absolute atomic E-state index is 13.7. The van der Waals surface area contributed by atoms with Crippen molar-refractivity contribution in [1.29, 1.82) is 0 Å². The van der Waals surface area contributed by atoms with Crippen LogP contribution in [-0.2, 0) is 19.9 Å². The van der Waals surface area contributed by atoms with E-state index in [1.54, 1.807) is 0 Å². The van der Waals surface area contributed by atoms with Gasteiger partial charge >= 0.3 is 0 Å². The summed E-state index contributed by atoms with van der Waals surface area (Å²) < 4.78 is 62.9. The van der Waals surface area contributed by atoms with E-state index < -0.39 is 36.6 Å². The predicted octanol–water partition coefficient (Wildman–Crippen LogP) is 0.572. The molecule has 0 fully saturated rings. The molecule has 0 heterocycles. The second kappa shape index (κ2) is 6.34. The van der Waals surface area contributed by atoms with E-state index >= 15 is 0 Å². The highest BCUT2D eigenvalue weighted by Crippen LogP contribution is 2.20. The van der Waals surface area contributed by atoms with Crippen LogP contribution in [0.15, 0.2) is 28.0 Å². The van der Waals surface area contributed by atoms with E-state index in [1.807, 2.05) is 0 Å². The molecule has 1 aromatic rings. The van der Waals surface area contributed by atoms with Gasteiger partial charge in [0.1, 0.15) is 10.7 Å². The van der Waals surface area contributed by atoms with Gasteiger partial charge in [0, 0.05) is 18.7 Å². The van der Waals surface area contributed by atoms with Crippen molar-refractivity contribution < 1.29 is 21.2 Å². The molecule has 1 aromatic carbocycles. The first-order valence-electron chi connectivity index (χ1n) is 5.73. The highest BCUT2D eigenvalue weighted by atomic mass is 32.2. The first-order valence-corrected chi connectivity index (χ1v) is 9.52. The molecule has 0 aliphatic rings. The van der Waals surface area contributed by atoms with E-state index in [-0.39, 0.29) is 16.3 Å². The maximum atomic E-state index is 13.7. The molecular weight excluding hydrogens is 339 g/mol. The van der Waals surface area contributed by atoms with E-state index in [0.717, 1.165) is 24.5 Å². The van der Waals surface area contributed by atoms with E-state index in [2.05, 4.69) is 16.9 Å². The maximum Gasteiger partial charge on any atom is 0.243 e. The van der Waals surface area contributed by atoms with Crippen LogP contribution in [-0.4, -0.2) is 34.1 Å². The monoisotopic (exact) mass is 354 g/mol. The standard InChI is InChI=1S/C11H15FN2O4S3/c1-7(5-11(13)19)14-21(17,18)10-6-8(20(2,15)16)3-4-9(10)12/h3-4,6-7,14H,5H2,1-2H3,(H2,13,19). The lowest BCUT2D eigenvalue weighted by Crippen LogP contribution is -2.35. The Hall–Kier alpha value is -1.10. The van der Waals surface area contributed by atoms with Crippen LogP contribution in [0.5, 0.6) is 0 Å². The summed E-state index contributed by atoms with van der Waals surface area (Å²) in [6.07, 6.45) is 1.00.